The lowest BCUT2D eigenvalue weighted by molar-refractivity contribution is -0.0454. The predicted octanol–water partition coefficient (Wildman–Crippen LogP) is 1.25. The van der Waals surface area contributed by atoms with Gasteiger partial charge in [-0.1, -0.05) is 11.6 Å². The first kappa shape index (κ1) is 14.1. The van der Waals surface area contributed by atoms with Gasteiger partial charge in [-0.15, -0.1) is 0 Å². The molecule has 1 N–H and O–H groups in total. The molecule has 0 aromatic heterocycles. The van der Waals surface area contributed by atoms with Crippen LogP contribution in [0.4, 0.5) is 0 Å². The smallest absolute Gasteiger partial charge is 0.122 e. The molecule has 4 rings (SSSR count). The molecule has 20 heavy (non-hydrogen) atoms. The van der Waals surface area contributed by atoms with E-state index in [4.69, 9.17) is 16.3 Å². The molecule has 5 heteroatoms. The maximum atomic E-state index is 10.6. The molecule has 4 nitrogen and oxygen atoms in total. The fraction of sp³-hybridized carbons (Fsp3) is 0.600. The van der Waals surface area contributed by atoms with Gasteiger partial charge >= 0.3 is 0 Å². The van der Waals surface area contributed by atoms with E-state index in [0.29, 0.717) is 11.4 Å². The van der Waals surface area contributed by atoms with Gasteiger partial charge < -0.3 is 9.84 Å². The van der Waals surface area contributed by atoms with Crippen molar-refractivity contribution in [2.75, 3.05) is 39.8 Å². The Morgan fingerprint density at radius 1 is 1.35 bits per heavy atom. The number of nitrogens with zero attached hydrogens (tertiary/aromatic N) is 2. The Kier molecular flexibility index (Phi) is 4.17. The lowest BCUT2D eigenvalue weighted by atomic mass is 9.96. The lowest BCUT2D eigenvalue weighted by Gasteiger charge is -2.49. The third-order valence-corrected chi connectivity index (χ3v) is 4.67. The minimum absolute atomic E-state index is 0.223. The van der Waals surface area contributed by atoms with Crippen molar-refractivity contribution in [3.8, 4) is 5.75 Å². The van der Waals surface area contributed by atoms with Gasteiger partial charge in [0.05, 0.1) is 13.2 Å². The highest BCUT2D eigenvalue weighted by Gasteiger charge is 2.36. The summed E-state index contributed by atoms with van der Waals surface area (Å²) in [5.74, 6) is 0.796. The normalized spacial score (nSPS) is 30.2. The van der Waals surface area contributed by atoms with Gasteiger partial charge in [-0.05, 0) is 23.8 Å². The van der Waals surface area contributed by atoms with Gasteiger partial charge in [0.15, 0.2) is 0 Å². The van der Waals surface area contributed by atoms with Gasteiger partial charge in [-0.25, -0.2) is 0 Å². The summed E-state index contributed by atoms with van der Waals surface area (Å²) in [6.45, 7) is 5.35. The second-order valence-corrected chi connectivity index (χ2v) is 6.07. The topological polar surface area (TPSA) is 35.9 Å². The maximum absolute atomic E-state index is 10.6. The van der Waals surface area contributed by atoms with Crippen LogP contribution in [0.15, 0.2) is 18.2 Å². The molecule has 3 aliphatic rings. The van der Waals surface area contributed by atoms with Crippen LogP contribution in [0.3, 0.4) is 0 Å². The Balaban J connectivity index is 1.72. The number of methoxy groups -OCH3 is 1. The Hall–Kier alpha value is -0.810. The molecule has 0 aliphatic carbocycles. The van der Waals surface area contributed by atoms with E-state index in [2.05, 4.69) is 9.80 Å². The first-order chi connectivity index (χ1) is 9.67. The highest BCUT2D eigenvalue weighted by molar-refractivity contribution is 6.30. The second kappa shape index (κ2) is 5.90. The third kappa shape index (κ3) is 2.79. The number of aliphatic hydroxyl groups is 1. The van der Waals surface area contributed by atoms with Crippen molar-refractivity contribution in [2.24, 2.45) is 0 Å². The Bertz CT molecular complexity index is 475. The van der Waals surface area contributed by atoms with Crippen molar-refractivity contribution >= 4 is 11.6 Å². The molecule has 1 aromatic carbocycles. The summed E-state index contributed by atoms with van der Waals surface area (Å²) in [5, 5.41) is 11.3. The zero-order valence-electron chi connectivity index (χ0n) is 11.8. The number of piperazine rings is 3. The number of hydrogen-bond acceptors (Lipinski definition) is 4. The summed E-state index contributed by atoms with van der Waals surface area (Å²) in [4.78, 5) is 4.84. The number of benzene rings is 1. The molecule has 2 bridgehead atoms. The summed E-state index contributed by atoms with van der Waals surface area (Å²) in [6, 6.07) is 5.79. The van der Waals surface area contributed by atoms with Gasteiger partial charge in [-0.2, -0.15) is 0 Å². The van der Waals surface area contributed by atoms with E-state index in [1.54, 1.807) is 7.11 Å². The molecule has 0 radical (unpaired) electrons. The van der Waals surface area contributed by atoms with Crippen LogP contribution in [-0.4, -0.2) is 66.9 Å². The highest BCUT2D eigenvalue weighted by Crippen LogP contribution is 2.26. The first-order valence-electron chi connectivity index (χ1n) is 7.14. The SMILES string of the molecule is COc1ccc(Cl)cc1CC(O)C1CN2CCN1CC2. The molecule has 2 atom stereocenters. The second-order valence-electron chi connectivity index (χ2n) is 5.63. The van der Waals surface area contributed by atoms with E-state index >= 15 is 0 Å². The maximum Gasteiger partial charge on any atom is 0.122 e. The molecule has 0 amide bonds. The van der Waals surface area contributed by atoms with Crippen molar-refractivity contribution in [2.45, 2.75) is 18.6 Å². The molecule has 3 fully saturated rings. The van der Waals surface area contributed by atoms with Gasteiger partial charge in [0.1, 0.15) is 5.75 Å². The van der Waals surface area contributed by atoms with Gasteiger partial charge in [0.25, 0.3) is 0 Å². The molecule has 0 spiro atoms. The fourth-order valence-corrected chi connectivity index (χ4v) is 3.49. The number of halogens is 1. The number of fused-ring (bicyclic) bond motifs is 3. The van der Waals surface area contributed by atoms with Gasteiger partial charge in [0, 0.05) is 50.2 Å². The van der Waals surface area contributed by atoms with E-state index in [1.165, 1.54) is 0 Å². The molecule has 3 saturated heterocycles. The van der Waals surface area contributed by atoms with Crippen molar-refractivity contribution in [3.63, 3.8) is 0 Å². The van der Waals surface area contributed by atoms with E-state index in [1.807, 2.05) is 18.2 Å². The predicted molar refractivity (Wildman–Crippen MR) is 79.5 cm³/mol. The molecule has 110 valence electrons. The first-order valence-corrected chi connectivity index (χ1v) is 7.52. The lowest BCUT2D eigenvalue weighted by Crippen LogP contribution is -2.64. The Labute approximate surface area is 124 Å². The molecular weight excluding hydrogens is 276 g/mol. The summed E-state index contributed by atoms with van der Waals surface area (Å²) < 4.78 is 5.36. The van der Waals surface area contributed by atoms with Crippen LogP contribution in [0.2, 0.25) is 5.02 Å². The van der Waals surface area contributed by atoms with E-state index < -0.39 is 0 Å². The van der Waals surface area contributed by atoms with Crippen LogP contribution in [0.25, 0.3) is 0 Å². The molecule has 2 unspecified atom stereocenters. The molecular formula is C15H21ClN2O2. The molecule has 3 aliphatic heterocycles. The van der Waals surface area contributed by atoms with Crippen LogP contribution < -0.4 is 4.74 Å². The van der Waals surface area contributed by atoms with Crippen LogP contribution in [-0.2, 0) is 6.42 Å². The standard InChI is InChI=1S/C15H21ClN2O2/c1-20-15-3-2-12(16)8-11(15)9-14(19)13-10-17-4-6-18(13)7-5-17/h2-3,8,13-14,19H,4-7,9-10H2,1H3. The van der Waals surface area contributed by atoms with Gasteiger partial charge in [-0.3, -0.25) is 9.80 Å². The third-order valence-electron chi connectivity index (χ3n) is 4.44. The fourth-order valence-electron chi connectivity index (χ4n) is 3.29. The van der Waals surface area contributed by atoms with Gasteiger partial charge in [0.2, 0.25) is 0 Å². The largest absolute Gasteiger partial charge is 0.496 e. The summed E-state index contributed by atoms with van der Waals surface area (Å²) in [6.07, 6.45) is 0.198. The van der Waals surface area contributed by atoms with Crippen LogP contribution in [0, 0.1) is 0 Å². The molecule has 0 saturated carbocycles. The Morgan fingerprint density at radius 3 is 2.70 bits per heavy atom. The zero-order chi connectivity index (χ0) is 14.1. The van der Waals surface area contributed by atoms with Crippen molar-refractivity contribution in [1.29, 1.82) is 0 Å². The van der Waals surface area contributed by atoms with Crippen molar-refractivity contribution < 1.29 is 9.84 Å². The van der Waals surface area contributed by atoms with E-state index in [0.717, 1.165) is 44.0 Å². The highest BCUT2D eigenvalue weighted by atomic mass is 35.5. The molecule has 3 heterocycles. The quantitative estimate of drug-likeness (QED) is 0.907. The van der Waals surface area contributed by atoms with E-state index in [9.17, 15) is 5.11 Å². The van der Waals surface area contributed by atoms with Crippen LogP contribution in [0.1, 0.15) is 5.56 Å². The monoisotopic (exact) mass is 296 g/mol. The zero-order valence-corrected chi connectivity index (χ0v) is 12.5. The average molecular weight is 297 g/mol. The summed E-state index contributed by atoms with van der Waals surface area (Å²) >= 11 is 6.05. The summed E-state index contributed by atoms with van der Waals surface area (Å²) in [5.41, 5.74) is 0.977. The van der Waals surface area contributed by atoms with E-state index in [-0.39, 0.29) is 12.1 Å². The number of aliphatic hydroxyl groups excluding tert-OH is 1. The van der Waals surface area contributed by atoms with Crippen LogP contribution in [0.5, 0.6) is 5.75 Å². The Morgan fingerprint density at radius 2 is 2.10 bits per heavy atom. The minimum atomic E-state index is -0.384. The van der Waals surface area contributed by atoms with Crippen LogP contribution >= 0.6 is 11.6 Å². The number of hydrogen-bond donors (Lipinski definition) is 1. The summed E-state index contributed by atoms with van der Waals surface area (Å²) in [7, 11) is 1.65. The van der Waals surface area contributed by atoms with Crippen molar-refractivity contribution in [1.82, 2.24) is 9.80 Å². The number of rotatable bonds is 4. The number of ether oxygens (including phenoxy) is 1. The minimum Gasteiger partial charge on any atom is -0.496 e. The molecule has 1 aromatic rings. The van der Waals surface area contributed by atoms with Crippen molar-refractivity contribution in [3.05, 3.63) is 28.8 Å². The average Bonchev–Trinajstić information content (AvgIpc) is 2.48.